The van der Waals surface area contributed by atoms with Crippen LogP contribution in [0.1, 0.15) is 30.0 Å². The van der Waals surface area contributed by atoms with Gasteiger partial charge in [0.05, 0.1) is 12.1 Å². The van der Waals surface area contributed by atoms with Crippen molar-refractivity contribution in [1.29, 1.82) is 0 Å². The highest BCUT2D eigenvalue weighted by Crippen LogP contribution is 2.09. The van der Waals surface area contributed by atoms with Crippen molar-refractivity contribution in [1.82, 2.24) is 14.7 Å². The molecule has 5 heteroatoms. The van der Waals surface area contributed by atoms with Crippen LogP contribution in [-0.2, 0) is 0 Å². The summed E-state index contributed by atoms with van der Waals surface area (Å²) in [5.41, 5.74) is 1.45. The van der Waals surface area contributed by atoms with E-state index in [1.807, 2.05) is 29.5 Å². The number of nitrogens with zero attached hydrogens (tertiary/aromatic N) is 2. The number of aliphatic hydroxyl groups is 1. The number of carbonyl (C=O) groups excluding carboxylic acids is 1. The summed E-state index contributed by atoms with van der Waals surface area (Å²) in [5.74, 6) is -0.280. The topological polar surface area (TPSA) is 66.6 Å². The molecule has 0 aliphatic carbocycles. The second-order valence-corrected chi connectivity index (χ2v) is 5.02. The van der Waals surface area contributed by atoms with Gasteiger partial charge in [0.15, 0.2) is 0 Å². The van der Waals surface area contributed by atoms with Crippen LogP contribution in [0.4, 0.5) is 0 Å². The zero-order valence-corrected chi connectivity index (χ0v) is 10.8. The maximum absolute atomic E-state index is 12.0. The van der Waals surface area contributed by atoms with Crippen molar-refractivity contribution in [2.45, 2.75) is 26.3 Å². The summed E-state index contributed by atoms with van der Waals surface area (Å²) in [7, 11) is 0. The molecule has 0 atom stereocenters. The first-order valence-electron chi connectivity index (χ1n) is 5.81. The molecule has 0 aromatic carbocycles. The molecule has 0 bridgehead atoms. The largest absolute Gasteiger partial charge is 0.394 e. The molecule has 96 valence electrons. The van der Waals surface area contributed by atoms with Crippen molar-refractivity contribution in [2.75, 3.05) is 6.61 Å². The Morgan fingerprint density at radius 1 is 1.50 bits per heavy atom. The Balaban J connectivity index is 2.32. The van der Waals surface area contributed by atoms with E-state index in [0.717, 1.165) is 11.3 Å². The van der Waals surface area contributed by atoms with E-state index in [1.54, 1.807) is 20.0 Å². The number of hydrogen-bond acceptors (Lipinski definition) is 3. The molecule has 5 nitrogen and oxygen atoms in total. The second kappa shape index (κ2) is 4.42. The van der Waals surface area contributed by atoms with Gasteiger partial charge >= 0.3 is 0 Å². The molecular weight excluding hydrogens is 230 g/mol. The van der Waals surface area contributed by atoms with Crippen molar-refractivity contribution in [2.24, 2.45) is 0 Å². The molecule has 18 heavy (non-hydrogen) atoms. The fourth-order valence-electron chi connectivity index (χ4n) is 1.67. The Morgan fingerprint density at radius 2 is 2.22 bits per heavy atom. The van der Waals surface area contributed by atoms with E-state index in [2.05, 4.69) is 10.3 Å². The van der Waals surface area contributed by atoms with Gasteiger partial charge in [-0.05, 0) is 32.9 Å². The van der Waals surface area contributed by atoms with E-state index in [0.29, 0.717) is 5.69 Å². The average molecular weight is 247 g/mol. The third kappa shape index (κ3) is 2.36. The molecule has 0 aliphatic rings. The molecule has 0 aliphatic heterocycles. The first-order valence-corrected chi connectivity index (χ1v) is 5.81. The minimum Gasteiger partial charge on any atom is -0.394 e. The summed E-state index contributed by atoms with van der Waals surface area (Å²) >= 11 is 0. The molecule has 0 fully saturated rings. The van der Waals surface area contributed by atoms with Crippen molar-refractivity contribution in [3.8, 4) is 0 Å². The monoisotopic (exact) mass is 247 g/mol. The van der Waals surface area contributed by atoms with Gasteiger partial charge in [0.25, 0.3) is 5.91 Å². The van der Waals surface area contributed by atoms with Gasteiger partial charge in [-0.2, -0.15) is 0 Å². The van der Waals surface area contributed by atoms with Crippen LogP contribution in [0.15, 0.2) is 24.4 Å². The first kappa shape index (κ1) is 12.6. The normalized spacial score (nSPS) is 11.8. The predicted molar refractivity (Wildman–Crippen MR) is 68.6 cm³/mol. The van der Waals surface area contributed by atoms with E-state index in [9.17, 15) is 4.79 Å². The standard InChI is InChI=1S/C13H17N3O2/c1-9-5-4-6-11-14-10(7-16(9)11)12(18)15-13(2,3)8-17/h4-7,17H,8H2,1-3H3,(H,15,18). The molecule has 2 aromatic heterocycles. The molecule has 0 radical (unpaired) electrons. The van der Waals surface area contributed by atoms with Gasteiger partial charge in [0.1, 0.15) is 11.3 Å². The Labute approximate surface area is 105 Å². The van der Waals surface area contributed by atoms with Crippen LogP contribution in [0.2, 0.25) is 0 Å². The van der Waals surface area contributed by atoms with Crippen LogP contribution in [-0.4, -0.2) is 32.5 Å². The Bertz CT molecular complexity index is 587. The summed E-state index contributed by atoms with van der Waals surface area (Å²) < 4.78 is 1.86. The maximum Gasteiger partial charge on any atom is 0.271 e. The Kier molecular flexibility index (Phi) is 3.09. The highest BCUT2D eigenvalue weighted by Gasteiger charge is 2.21. The number of aryl methyl sites for hydroxylation is 1. The van der Waals surface area contributed by atoms with Crippen molar-refractivity contribution in [3.05, 3.63) is 35.8 Å². The highest BCUT2D eigenvalue weighted by molar-refractivity contribution is 5.93. The first-order chi connectivity index (χ1) is 8.43. The van der Waals surface area contributed by atoms with Gasteiger partial charge in [-0.3, -0.25) is 4.79 Å². The van der Waals surface area contributed by atoms with E-state index in [4.69, 9.17) is 5.11 Å². The Morgan fingerprint density at radius 3 is 2.83 bits per heavy atom. The fourth-order valence-corrected chi connectivity index (χ4v) is 1.67. The van der Waals surface area contributed by atoms with Crippen LogP contribution in [0.5, 0.6) is 0 Å². The van der Waals surface area contributed by atoms with Crippen LogP contribution < -0.4 is 5.32 Å². The van der Waals surface area contributed by atoms with Crippen molar-refractivity contribution in [3.63, 3.8) is 0 Å². The molecule has 2 N–H and O–H groups in total. The van der Waals surface area contributed by atoms with E-state index >= 15 is 0 Å². The number of rotatable bonds is 3. The number of hydrogen-bond donors (Lipinski definition) is 2. The minimum absolute atomic E-state index is 0.120. The summed E-state index contributed by atoms with van der Waals surface area (Å²) in [6.45, 7) is 5.34. The zero-order valence-electron chi connectivity index (χ0n) is 10.8. The van der Waals surface area contributed by atoms with Gasteiger partial charge in [-0.15, -0.1) is 0 Å². The van der Waals surface area contributed by atoms with Gasteiger partial charge in [0, 0.05) is 11.9 Å². The maximum atomic E-state index is 12.0. The molecule has 2 rings (SSSR count). The SMILES string of the molecule is Cc1cccc2nc(C(=O)NC(C)(C)CO)cn12. The second-order valence-electron chi connectivity index (χ2n) is 5.02. The molecule has 0 unspecified atom stereocenters. The van der Waals surface area contributed by atoms with Crippen molar-refractivity contribution < 1.29 is 9.90 Å². The van der Waals surface area contributed by atoms with E-state index in [-0.39, 0.29) is 12.5 Å². The van der Waals surface area contributed by atoms with Gasteiger partial charge < -0.3 is 14.8 Å². The Hall–Kier alpha value is -1.88. The highest BCUT2D eigenvalue weighted by atomic mass is 16.3. The number of carbonyl (C=O) groups is 1. The third-order valence-electron chi connectivity index (χ3n) is 2.78. The molecule has 2 heterocycles. The van der Waals surface area contributed by atoms with Crippen LogP contribution in [0.3, 0.4) is 0 Å². The van der Waals surface area contributed by atoms with E-state index in [1.165, 1.54) is 0 Å². The molecule has 0 saturated carbocycles. The summed E-state index contributed by atoms with van der Waals surface area (Å²) in [6, 6.07) is 5.70. The number of nitrogens with one attached hydrogen (secondary N) is 1. The number of aromatic nitrogens is 2. The number of amides is 1. The molecule has 0 spiro atoms. The lowest BCUT2D eigenvalue weighted by Gasteiger charge is -2.22. The van der Waals surface area contributed by atoms with Crippen LogP contribution in [0.25, 0.3) is 5.65 Å². The average Bonchev–Trinajstić information content (AvgIpc) is 2.74. The number of fused-ring (bicyclic) bond motifs is 1. The molecular formula is C13H17N3O2. The summed E-state index contributed by atoms with van der Waals surface area (Å²) in [6.07, 6.45) is 1.70. The summed E-state index contributed by atoms with van der Waals surface area (Å²) in [5, 5.41) is 11.9. The van der Waals surface area contributed by atoms with E-state index < -0.39 is 5.54 Å². The third-order valence-corrected chi connectivity index (χ3v) is 2.78. The number of aliphatic hydroxyl groups excluding tert-OH is 1. The zero-order chi connectivity index (χ0) is 13.3. The quantitative estimate of drug-likeness (QED) is 0.854. The van der Waals surface area contributed by atoms with Gasteiger partial charge in [0.2, 0.25) is 0 Å². The van der Waals surface area contributed by atoms with Gasteiger partial charge in [-0.25, -0.2) is 4.98 Å². The molecule has 1 amide bonds. The van der Waals surface area contributed by atoms with Crippen molar-refractivity contribution >= 4 is 11.6 Å². The fraction of sp³-hybridized carbons (Fsp3) is 0.385. The predicted octanol–water partition coefficient (Wildman–Crippen LogP) is 1.14. The minimum atomic E-state index is -0.651. The lowest BCUT2D eigenvalue weighted by Crippen LogP contribution is -2.46. The van der Waals surface area contributed by atoms with Gasteiger partial charge in [-0.1, -0.05) is 6.07 Å². The lowest BCUT2D eigenvalue weighted by atomic mass is 10.1. The molecule has 2 aromatic rings. The summed E-state index contributed by atoms with van der Waals surface area (Å²) in [4.78, 5) is 16.3. The van der Waals surface area contributed by atoms with Crippen LogP contribution >= 0.6 is 0 Å². The lowest BCUT2D eigenvalue weighted by molar-refractivity contribution is 0.0865. The number of imidazole rings is 1. The smallest absolute Gasteiger partial charge is 0.271 e. The molecule has 0 saturated heterocycles. The number of pyridine rings is 1. The van der Waals surface area contributed by atoms with Crippen LogP contribution in [0, 0.1) is 6.92 Å².